The molecule has 188 valence electrons. The molecule has 5 heterocycles. The number of aromatic nitrogens is 6. The number of fused-ring (bicyclic) bond motifs is 2. The highest BCUT2D eigenvalue weighted by molar-refractivity contribution is 5.99. The molecule has 0 aliphatic carbocycles. The van der Waals surface area contributed by atoms with Crippen molar-refractivity contribution >= 4 is 27.8 Å². The molecule has 0 amide bonds. The molecule has 0 bridgehead atoms. The zero-order chi connectivity index (χ0) is 26.4. The van der Waals surface area contributed by atoms with Gasteiger partial charge in [0.15, 0.2) is 0 Å². The van der Waals surface area contributed by atoms with Crippen molar-refractivity contribution in [1.82, 2.24) is 30.1 Å². The lowest BCUT2D eigenvalue weighted by Gasteiger charge is -2.23. The van der Waals surface area contributed by atoms with Gasteiger partial charge in [-0.25, -0.2) is 14.4 Å². The van der Waals surface area contributed by atoms with Crippen LogP contribution in [0.5, 0.6) is 0 Å². The van der Waals surface area contributed by atoms with Crippen LogP contribution in [0.2, 0.25) is 0 Å². The lowest BCUT2D eigenvalue weighted by Crippen LogP contribution is -2.15. The van der Waals surface area contributed by atoms with Gasteiger partial charge in [0.1, 0.15) is 22.7 Å². The number of hydrogen-bond donors (Lipinski definition) is 3. The highest BCUT2D eigenvalue weighted by Gasteiger charge is 2.17. The third-order valence-corrected chi connectivity index (χ3v) is 6.56. The Morgan fingerprint density at radius 2 is 1.87 bits per heavy atom. The maximum atomic E-state index is 13.9. The fourth-order valence-corrected chi connectivity index (χ4v) is 4.32. The van der Waals surface area contributed by atoms with Gasteiger partial charge in [0.2, 0.25) is 0 Å². The van der Waals surface area contributed by atoms with Crippen LogP contribution in [-0.2, 0) is 0 Å². The maximum absolute atomic E-state index is 13.9. The molecule has 8 heteroatoms. The third-order valence-electron chi connectivity index (χ3n) is 6.56. The SMILES string of the molecule is C=C(Nc1cncc(-c2ccc3[nH]nc(-c4cc5c(-c6cccc(F)c6)ccnc5[nH]4)c3n2)c1)C(C)(C)C. The van der Waals surface area contributed by atoms with E-state index in [1.54, 1.807) is 24.7 Å². The summed E-state index contributed by atoms with van der Waals surface area (Å²) in [6.07, 6.45) is 5.27. The summed E-state index contributed by atoms with van der Waals surface area (Å²) < 4.78 is 13.9. The zero-order valence-corrected chi connectivity index (χ0v) is 21.3. The molecule has 0 radical (unpaired) electrons. The highest BCUT2D eigenvalue weighted by Crippen LogP contribution is 2.34. The van der Waals surface area contributed by atoms with Gasteiger partial charge in [0.25, 0.3) is 0 Å². The molecule has 38 heavy (non-hydrogen) atoms. The summed E-state index contributed by atoms with van der Waals surface area (Å²) in [5.74, 6) is -0.283. The number of aromatic amines is 2. The van der Waals surface area contributed by atoms with Gasteiger partial charge < -0.3 is 10.3 Å². The van der Waals surface area contributed by atoms with Gasteiger partial charge >= 0.3 is 0 Å². The molecule has 0 saturated heterocycles. The molecular formula is C30H26FN7. The Morgan fingerprint density at radius 3 is 2.68 bits per heavy atom. The van der Waals surface area contributed by atoms with Crippen molar-refractivity contribution in [2.75, 3.05) is 5.32 Å². The summed E-state index contributed by atoms with van der Waals surface area (Å²) in [5, 5.41) is 11.9. The van der Waals surface area contributed by atoms with Gasteiger partial charge in [-0.05, 0) is 53.6 Å². The largest absolute Gasteiger partial charge is 0.358 e. The molecule has 0 fully saturated rings. The number of nitrogens with one attached hydrogen (secondary N) is 3. The van der Waals surface area contributed by atoms with E-state index in [4.69, 9.17) is 4.98 Å². The molecule has 0 spiro atoms. The Labute approximate surface area is 218 Å². The summed E-state index contributed by atoms with van der Waals surface area (Å²) in [7, 11) is 0. The zero-order valence-electron chi connectivity index (χ0n) is 21.3. The summed E-state index contributed by atoms with van der Waals surface area (Å²) >= 11 is 0. The van der Waals surface area contributed by atoms with E-state index in [0.29, 0.717) is 11.3 Å². The van der Waals surface area contributed by atoms with Gasteiger partial charge in [0, 0.05) is 34.5 Å². The van der Waals surface area contributed by atoms with E-state index in [1.165, 1.54) is 12.1 Å². The lowest BCUT2D eigenvalue weighted by molar-refractivity contribution is 0.509. The molecular weight excluding hydrogens is 477 g/mol. The number of pyridine rings is 3. The van der Waals surface area contributed by atoms with Crippen molar-refractivity contribution in [2.45, 2.75) is 20.8 Å². The van der Waals surface area contributed by atoms with E-state index in [-0.39, 0.29) is 11.2 Å². The topological polar surface area (TPSA) is 95.2 Å². The van der Waals surface area contributed by atoms with Crippen LogP contribution in [0.3, 0.4) is 0 Å². The molecule has 0 atom stereocenters. The first-order chi connectivity index (χ1) is 18.3. The van der Waals surface area contributed by atoms with Crippen LogP contribution in [-0.4, -0.2) is 30.1 Å². The molecule has 6 rings (SSSR count). The molecule has 3 N–H and O–H groups in total. The predicted octanol–water partition coefficient (Wildman–Crippen LogP) is 7.34. The Hall–Kier alpha value is -4.85. The molecule has 0 aliphatic heterocycles. The van der Waals surface area contributed by atoms with E-state index in [0.717, 1.165) is 55.9 Å². The first-order valence-electron chi connectivity index (χ1n) is 12.3. The van der Waals surface area contributed by atoms with Crippen molar-refractivity contribution in [3.63, 3.8) is 0 Å². The first-order valence-corrected chi connectivity index (χ1v) is 12.3. The second-order valence-electron chi connectivity index (χ2n) is 10.3. The predicted molar refractivity (Wildman–Crippen MR) is 150 cm³/mol. The quantitative estimate of drug-likeness (QED) is 0.229. The number of H-pyrrole nitrogens is 2. The van der Waals surface area contributed by atoms with Crippen molar-refractivity contribution in [1.29, 1.82) is 0 Å². The second kappa shape index (κ2) is 8.92. The number of anilines is 1. The van der Waals surface area contributed by atoms with Gasteiger partial charge in [0.05, 0.1) is 28.8 Å². The van der Waals surface area contributed by atoms with E-state index in [1.807, 2.05) is 36.4 Å². The van der Waals surface area contributed by atoms with Crippen molar-refractivity contribution in [3.8, 4) is 33.8 Å². The van der Waals surface area contributed by atoms with Crippen LogP contribution in [0, 0.1) is 11.2 Å². The van der Waals surface area contributed by atoms with Crippen molar-refractivity contribution < 1.29 is 4.39 Å². The van der Waals surface area contributed by atoms with E-state index in [9.17, 15) is 4.39 Å². The van der Waals surface area contributed by atoms with Crippen molar-refractivity contribution in [3.05, 3.63) is 91.3 Å². The fraction of sp³-hybridized carbons (Fsp3) is 0.133. The summed E-state index contributed by atoms with van der Waals surface area (Å²) in [5.41, 5.74) is 8.65. The van der Waals surface area contributed by atoms with Crippen LogP contribution < -0.4 is 5.32 Å². The molecule has 0 unspecified atom stereocenters. The number of halogens is 1. The third kappa shape index (κ3) is 4.30. The summed E-state index contributed by atoms with van der Waals surface area (Å²) in [6.45, 7) is 10.5. The number of allylic oxidation sites excluding steroid dienone is 1. The highest BCUT2D eigenvalue weighted by atomic mass is 19.1. The van der Waals surface area contributed by atoms with Crippen LogP contribution in [0.15, 0.2) is 85.5 Å². The van der Waals surface area contributed by atoms with Gasteiger partial charge in [-0.15, -0.1) is 0 Å². The smallest absolute Gasteiger partial charge is 0.138 e. The van der Waals surface area contributed by atoms with Crippen LogP contribution in [0.1, 0.15) is 20.8 Å². The molecule has 6 aromatic rings. The van der Waals surface area contributed by atoms with Gasteiger partial charge in [-0.2, -0.15) is 5.10 Å². The van der Waals surface area contributed by atoms with Crippen LogP contribution in [0.25, 0.3) is 55.8 Å². The molecule has 0 saturated carbocycles. The minimum atomic E-state index is -0.283. The summed E-state index contributed by atoms with van der Waals surface area (Å²) in [6, 6.07) is 16.3. The lowest BCUT2D eigenvalue weighted by atomic mass is 9.93. The van der Waals surface area contributed by atoms with Crippen LogP contribution in [0.4, 0.5) is 10.1 Å². The Bertz CT molecular complexity index is 1820. The average Bonchev–Trinajstić information content (AvgIpc) is 3.52. The number of nitrogens with zero attached hydrogens (tertiary/aromatic N) is 4. The van der Waals surface area contributed by atoms with Gasteiger partial charge in [-0.3, -0.25) is 10.1 Å². The van der Waals surface area contributed by atoms with Crippen LogP contribution >= 0.6 is 0 Å². The normalized spacial score (nSPS) is 11.8. The van der Waals surface area contributed by atoms with E-state index >= 15 is 0 Å². The number of benzene rings is 1. The number of hydrogen-bond acceptors (Lipinski definition) is 5. The molecule has 0 aliphatic rings. The maximum Gasteiger partial charge on any atom is 0.138 e. The van der Waals surface area contributed by atoms with Crippen molar-refractivity contribution in [2.24, 2.45) is 5.41 Å². The Balaban J connectivity index is 1.40. The van der Waals surface area contributed by atoms with E-state index < -0.39 is 0 Å². The molecule has 1 aromatic carbocycles. The van der Waals surface area contributed by atoms with Gasteiger partial charge in [-0.1, -0.05) is 39.5 Å². The summed E-state index contributed by atoms with van der Waals surface area (Å²) in [4.78, 5) is 17.2. The monoisotopic (exact) mass is 503 g/mol. The first kappa shape index (κ1) is 23.5. The average molecular weight is 504 g/mol. The molecule has 5 aromatic heterocycles. The van der Waals surface area contributed by atoms with E-state index in [2.05, 4.69) is 57.8 Å². The standard InChI is InChI=1S/C30H26FN7/c1-17(30(2,3)4)34-21-13-19(15-32-16-21)24-8-9-25-27(35-24)28(38-37-25)26-14-23-22(10-11-33-29(23)36-26)18-6-5-7-20(31)12-18/h5-16,34H,1H2,2-4H3,(H,33,36)(H,37,38). The minimum absolute atomic E-state index is 0.0815. The second-order valence-corrected chi connectivity index (χ2v) is 10.3. The molecule has 7 nitrogen and oxygen atoms in total. The minimum Gasteiger partial charge on any atom is -0.358 e. The number of rotatable bonds is 5. The Kier molecular flexibility index (Phi) is 5.52. The Morgan fingerprint density at radius 1 is 1.00 bits per heavy atom. The fourth-order valence-electron chi connectivity index (χ4n) is 4.32.